The van der Waals surface area contributed by atoms with E-state index in [0.29, 0.717) is 17.7 Å². The fraction of sp³-hybridized carbons (Fsp3) is 0.318. The minimum atomic E-state index is -0.499. The molecule has 0 heterocycles. The Kier molecular flexibility index (Phi) is 8.21. The second-order valence-corrected chi connectivity index (χ2v) is 6.13. The first-order valence-electron chi connectivity index (χ1n) is 9.29. The minimum absolute atomic E-state index is 0.0391. The maximum absolute atomic E-state index is 12.3. The number of carbonyl (C=O) groups excluding carboxylic acids is 3. The van der Waals surface area contributed by atoms with Gasteiger partial charge in [-0.15, -0.1) is 0 Å². The average molecular weight is 383 g/mol. The zero-order chi connectivity index (χ0) is 20.4. The van der Waals surface area contributed by atoms with E-state index in [1.807, 2.05) is 30.3 Å². The highest BCUT2D eigenvalue weighted by Gasteiger charge is 2.19. The Morgan fingerprint density at radius 1 is 0.964 bits per heavy atom. The van der Waals surface area contributed by atoms with Gasteiger partial charge in [0.1, 0.15) is 5.75 Å². The van der Waals surface area contributed by atoms with Crippen molar-refractivity contribution in [1.29, 1.82) is 0 Å². The van der Waals surface area contributed by atoms with Gasteiger partial charge in [-0.25, -0.2) is 0 Å². The average Bonchev–Trinajstić information content (AvgIpc) is 2.72. The van der Waals surface area contributed by atoms with E-state index in [1.165, 1.54) is 0 Å². The molecule has 0 bridgehead atoms. The summed E-state index contributed by atoms with van der Waals surface area (Å²) in [7, 11) is 0. The third kappa shape index (κ3) is 6.54. The molecule has 148 valence electrons. The van der Waals surface area contributed by atoms with Gasteiger partial charge in [-0.05, 0) is 36.8 Å². The molecule has 0 aromatic heterocycles. The lowest BCUT2D eigenvalue weighted by Gasteiger charge is -2.18. The lowest BCUT2D eigenvalue weighted by atomic mass is 10.0. The molecule has 2 aromatic carbocycles. The van der Waals surface area contributed by atoms with Crippen molar-refractivity contribution in [2.45, 2.75) is 32.7 Å². The van der Waals surface area contributed by atoms with E-state index in [-0.39, 0.29) is 37.3 Å². The molecule has 0 fully saturated rings. The molecule has 1 atom stereocenters. The van der Waals surface area contributed by atoms with Gasteiger partial charge in [-0.2, -0.15) is 0 Å². The summed E-state index contributed by atoms with van der Waals surface area (Å²) in [6, 6.07) is 15.4. The van der Waals surface area contributed by atoms with Crippen LogP contribution in [0.3, 0.4) is 0 Å². The molecule has 0 radical (unpaired) electrons. The number of ether oxygens (including phenoxy) is 2. The molecule has 28 heavy (non-hydrogen) atoms. The van der Waals surface area contributed by atoms with Crippen LogP contribution in [0.15, 0.2) is 54.6 Å². The number of benzene rings is 2. The molecule has 0 aliphatic heterocycles. The zero-order valence-corrected chi connectivity index (χ0v) is 16.1. The Morgan fingerprint density at radius 2 is 1.64 bits per heavy atom. The fourth-order valence-electron chi connectivity index (χ4n) is 2.65. The van der Waals surface area contributed by atoms with Crippen LogP contribution < -0.4 is 10.1 Å². The Balaban J connectivity index is 1.95. The highest BCUT2D eigenvalue weighted by Crippen LogP contribution is 2.18. The monoisotopic (exact) mass is 383 g/mol. The van der Waals surface area contributed by atoms with E-state index in [1.54, 1.807) is 38.1 Å². The van der Waals surface area contributed by atoms with Crippen LogP contribution in [0.5, 0.6) is 5.75 Å². The van der Waals surface area contributed by atoms with E-state index in [0.717, 1.165) is 5.56 Å². The lowest BCUT2D eigenvalue weighted by molar-refractivity contribution is -0.143. The third-order valence-corrected chi connectivity index (χ3v) is 4.08. The van der Waals surface area contributed by atoms with Crippen molar-refractivity contribution in [1.82, 2.24) is 5.32 Å². The van der Waals surface area contributed by atoms with Crippen LogP contribution >= 0.6 is 0 Å². The standard InChI is InChI=1S/C22H25NO5/c1-3-20(24)17-10-12-18(13-11-17)28-15-21(25)23-19(14-22(26)27-4-2)16-8-6-5-7-9-16/h5-13,19H,3-4,14-15H2,1-2H3,(H,23,25). The minimum Gasteiger partial charge on any atom is -0.484 e. The summed E-state index contributed by atoms with van der Waals surface area (Å²) in [5.74, 6) is -0.195. The molecule has 0 saturated carbocycles. The van der Waals surface area contributed by atoms with Crippen molar-refractivity contribution >= 4 is 17.7 Å². The predicted octanol–water partition coefficient (Wildman–Crippen LogP) is 3.47. The Morgan fingerprint density at radius 3 is 2.25 bits per heavy atom. The van der Waals surface area contributed by atoms with Crippen molar-refractivity contribution in [3.8, 4) is 5.75 Å². The number of carbonyl (C=O) groups is 3. The Bertz CT molecular complexity index is 786. The molecule has 0 aliphatic rings. The molecule has 2 aromatic rings. The van der Waals surface area contributed by atoms with Crippen LogP contribution in [0, 0.1) is 0 Å². The van der Waals surface area contributed by atoms with Gasteiger partial charge >= 0.3 is 5.97 Å². The number of hydrogen-bond donors (Lipinski definition) is 1. The van der Waals surface area contributed by atoms with Crippen LogP contribution in [0.1, 0.15) is 48.7 Å². The van der Waals surface area contributed by atoms with Gasteiger partial charge in [0.2, 0.25) is 0 Å². The van der Waals surface area contributed by atoms with E-state index in [9.17, 15) is 14.4 Å². The summed E-state index contributed by atoms with van der Waals surface area (Å²) < 4.78 is 10.5. The number of nitrogens with one attached hydrogen (secondary N) is 1. The molecule has 1 N–H and O–H groups in total. The number of hydrogen-bond acceptors (Lipinski definition) is 5. The van der Waals surface area contributed by atoms with Crippen LogP contribution in [-0.2, 0) is 14.3 Å². The van der Waals surface area contributed by atoms with E-state index < -0.39 is 6.04 Å². The molecule has 1 amide bonds. The molecule has 0 saturated heterocycles. The third-order valence-electron chi connectivity index (χ3n) is 4.08. The molecule has 0 aliphatic carbocycles. The second-order valence-electron chi connectivity index (χ2n) is 6.13. The normalized spacial score (nSPS) is 11.4. The number of Topliss-reactive ketones (excluding diaryl/α,β-unsaturated/α-hetero) is 1. The fourth-order valence-corrected chi connectivity index (χ4v) is 2.65. The molecule has 6 nitrogen and oxygen atoms in total. The summed E-state index contributed by atoms with van der Waals surface area (Å²) in [5.41, 5.74) is 1.42. The first-order chi connectivity index (χ1) is 13.5. The number of rotatable bonds is 10. The van der Waals surface area contributed by atoms with Crippen LogP contribution in [0.2, 0.25) is 0 Å². The SMILES string of the molecule is CCOC(=O)CC(NC(=O)COc1ccc(C(=O)CC)cc1)c1ccccc1. The van der Waals surface area contributed by atoms with Crippen LogP contribution in [0.4, 0.5) is 0 Å². The van der Waals surface area contributed by atoms with Crippen molar-refractivity contribution in [2.75, 3.05) is 13.2 Å². The predicted molar refractivity (Wildman–Crippen MR) is 105 cm³/mol. The quantitative estimate of drug-likeness (QED) is 0.502. The van der Waals surface area contributed by atoms with Gasteiger partial charge < -0.3 is 14.8 Å². The lowest BCUT2D eigenvalue weighted by Crippen LogP contribution is -2.34. The van der Waals surface area contributed by atoms with Gasteiger partial charge in [-0.1, -0.05) is 37.3 Å². The highest BCUT2D eigenvalue weighted by molar-refractivity contribution is 5.95. The van der Waals surface area contributed by atoms with Gasteiger partial charge in [-0.3, -0.25) is 14.4 Å². The number of ketones is 1. The summed E-state index contributed by atoms with van der Waals surface area (Å²) in [6.45, 7) is 3.62. The van der Waals surface area contributed by atoms with Gasteiger partial charge in [0.15, 0.2) is 12.4 Å². The highest BCUT2D eigenvalue weighted by atomic mass is 16.5. The van der Waals surface area contributed by atoms with Gasteiger partial charge in [0.25, 0.3) is 5.91 Å². The molecule has 1 unspecified atom stereocenters. The molecule has 6 heteroatoms. The number of amides is 1. The van der Waals surface area contributed by atoms with E-state index in [2.05, 4.69) is 5.32 Å². The molecular formula is C22H25NO5. The van der Waals surface area contributed by atoms with Crippen molar-refractivity contribution < 1.29 is 23.9 Å². The summed E-state index contributed by atoms with van der Waals surface area (Å²) in [6.07, 6.45) is 0.474. The second kappa shape index (κ2) is 10.9. The maximum atomic E-state index is 12.3. The Hall–Kier alpha value is -3.15. The largest absolute Gasteiger partial charge is 0.484 e. The smallest absolute Gasteiger partial charge is 0.308 e. The molecular weight excluding hydrogens is 358 g/mol. The Labute approximate surface area is 164 Å². The maximum Gasteiger partial charge on any atom is 0.308 e. The summed E-state index contributed by atoms with van der Waals surface area (Å²) in [5, 5.41) is 2.81. The molecule has 2 rings (SSSR count). The van der Waals surface area contributed by atoms with Crippen LogP contribution in [0.25, 0.3) is 0 Å². The number of esters is 1. The van der Waals surface area contributed by atoms with E-state index >= 15 is 0 Å². The molecule has 0 spiro atoms. The van der Waals surface area contributed by atoms with Crippen molar-refractivity contribution in [3.05, 3.63) is 65.7 Å². The first kappa shape index (κ1) is 21.2. The van der Waals surface area contributed by atoms with Gasteiger partial charge in [0.05, 0.1) is 19.1 Å². The first-order valence-corrected chi connectivity index (χ1v) is 9.29. The van der Waals surface area contributed by atoms with Crippen molar-refractivity contribution in [2.24, 2.45) is 0 Å². The topological polar surface area (TPSA) is 81.7 Å². The van der Waals surface area contributed by atoms with Crippen molar-refractivity contribution in [3.63, 3.8) is 0 Å². The zero-order valence-electron chi connectivity index (χ0n) is 16.1. The van der Waals surface area contributed by atoms with E-state index in [4.69, 9.17) is 9.47 Å². The van der Waals surface area contributed by atoms with Gasteiger partial charge in [0, 0.05) is 12.0 Å². The summed E-state index contributed by atoms with van der Waals surface area (Å²) in [4.78, 5) is 35.8. The summed E-state index contributed by atoms with van der Waals surface area (Å²) >= 11 is 0. The van der Waals surface area contributed by atoms with Crippen LogP contribution in [-0.4, -0.2) is 30.9 Å².